The number of aromatic hydroxyl groups is 1. The molecule has 0 atom stereocenters. The molecule has 1 heterocycles. The number of aromatic amines is 1. The van der Waals surface area contributed by atoms with Crippen LogP contribution in [0.4, 0.5) is 0 Å². The fraction of sp³-hybridized carbons (Fsp3) is 0.286. The van der Waals surface area contributed by atoms with Crippen molar-refractivity contribution in [2.75, 3.05) is 0 Å². The van der Waals surface area contributed by atoms with E-state index in [2.05, 4.69) is 31.2 Å². The van der Waals surface area contributed by atoms with Gasteiger partial charge in [0.15, 0.2) is 0 Å². The maximum Gasteiger partial charge on any atom is 0.262 e. The third-order valence-electron chi connectivity index (χ3n) is 3.22. The number of nitrogens with one attached hydrogen (secondary N) is 2. The Bertz CT molecular complexity index is 678. The number of rotatable bonds is 4. The van der Waals surface area contributed by atoms with Crippen LogP contribution in [0.25, 0.3) is 11.1 Å². The highest BCUT2D eigenvalue weighted by Crippen LogP contribution is 2.25. The van der Waals surface area contributed by atoms with E-state index in [4.69, 9.17) is 0 Å². The lowest BCUT2D eigenvalue weighted by atomic mass is 10.1. The van der Waals surface area contributed by atoms with Gasteiger partial charge in [-0.1, -0.05) is 28.1 Å². The zero-order valence-corrected chi connectivity index (χ0v) is 12.3. The Kier molecular flexibility index (Phi) is 3.58. The quantitative estimate of drug-likeness (QED) is 0.800. The molecule has 0 bridgehead atoms. The third-order valence-corrected chi connectivity index (χ3v) is 3.75. The summed E-state index contributed by atoms with van der Waals surface area (Å²) in [5.41, 5.74) is 0.515. The second-order valence-electron chi connectivity index (χ2n) is 4.87. The zero-order chi connectivity index (χ0) is 14.1. The molecule has 3 N–H and O–H groups in total. The average molecular weight is 336 g/mol. The van der Waals surface area contributed by atoms with E-state index in [9.17, 15) is 9.90 Å². The molecule has 20 heavy (non-hydrogen) atoms. The molecule has 0 unspecified atom stereocenters. The first kappa shape index (κ1) is 13.3. The monoisotopic (exact) mass is 335 g/mol. The minimum absolute atomic E-state index is 0.202. The van der Waals surface area contributed by atoms with Crippen LogP contribution < -0.4 is 10.9 Å². The van der Waals surface area contributed by atoms with E-state index in [0.717, 1.165) is 17.3 Å². The van der Waals surface area contributed by atoms with Crippen LogP contribution in [0.1, 0.15) is 18.7 Å². The van der Waals surface area contributed by atoms with Crippen molar-refractivity contribution in [3.8, 4) is 17.0 Å². The topological polar surface area (TPSA) is 78.0 Å². The summed E-state index contributed by atoms with van der Waals surface area (Å²) < 4.78 is 0.912. The van der Waals surface area contributed by atoms with Crippen LogP contribution in [0.2, 0.25) is 0 Å². The van der Waals surface area contributed by atoms with Gasteiger partial charge in [0.1, 0.15) is 11.4 Å². The van der Waals surface area contributed by atoms with Crippen LogP contribution in [0.5, 0.6) is 5.88 Å². The summed E-state index contributed by atoms with van der Waals surface area (Å²) in [5.74, 6) is 0.226. The summed E-state index contributed by atoms with van der Waals surface area (Å²) in [4.78, 5) is 18.9. The van der Waals surface area contributed by atoms with Gasteiger partial charge in [-0.2, -0.15) is 4.98 Å². The van der Waals surface area contributed by atoms with E-state index in [1.54, 1.807) is 12.1 Å². The summed E-state index contributed by atoms with van der Waals surface area (Å²) >= 11 is 3.33. The van der Waals surface area contributed by atoms with Crippen LogP contribution >= 0.6 is 15.9 Å². The summed E-state index contributed by atoms with van der Waals surface area (Å²) in [6, 6.07) is 7.68. The van der Waals surface area contributed by atoms with Crippen molar-refractivity contribution in [1.82, 2.24) is 15.3 Å². The van der Waals surface area contributed by atoms with Crippen molar-refractivity contribution in [3.05, 3.63) is 44.9 Å². The van der Waals surface area contributed by atoms with Crippen molar-refractivity contribution >= 4 is 15.9 Å². The van der Waals surface area contributed by atoms with Crippen molar-refractivity contribution in [2.24, 2.45) is 0 Å². The van der Waals surface area contributed by atoms with Gasteiger partial charge in [0.25, 0.3) is 5.56 Å². The van der Waals surface area contributed by atoms with Crippen molar-refractivity contribution in [1.29, 1.82) is 0 Å². The molecule has 0 amide bonds. The summed E-state index contributed by atoms with van der Waals surface area (Å²) in [5, 5.41) is 13.2. The van der Waals surface area contributed by atoms with Gasteiger partial charge < -0.3 is 15.4 Å². The second-order valence-corrected chi connectivity index (χ2v) is 5.79. The van der Waals surface area contributed by atoms with Gasteiger partial charge in [0.05, 0.1) is 6.54 Å². The van der Waals surface area contributed by atoms with Gasteiger partial charge >= 0.3 is 0 Å². The van der Waals surface area contributed by atoms with Crippen LogP contribution in [-0.4, -0.2) is 21.1 Å². The third kappa shape index (κ3) is 2.91. The molecule has 1 aromatic heterocycles. The molecular formula is C14H14BrN3O2. The fourth-order valence-corrected chi connectivity index (χ4v) is 2.26. The maximum atomic E-state index is 12.1. The van der Waals surface area contributed by atoms with E-state index in [0.29, 0.717) is 24.0 Å². The molecule has 104 valence electrons. The summed E-state index contributed by atoms with van der Waals surface area (Å²) in [6.45, 7) is 0.466. The van der Waals surface area contributed by atoms with E-state index in [1.807, 2.05) is 12.1 Å². The molecule has 6 heteroatoms. The Morgan fingerprint density at radius 1 is 1.35 bits per heavy atom. The highest BCUT2D eigenvalue weighted by atomic mass is 79.9. The number of H-pyrrole nitrogens is 1. The Hall–Kier alpha value is -1.66. The number of aromatic nitrogens is 2. The standard InChI is InChI=1S/C14H14BrN3O2/c15-9-3-1-8(2-4-9)12-13(19)17-11(18-14(12)20)7-16-10-5-6-10/h1-4,10,16H,5-7H2,(H2,17,18,19,20). The van der Waals surface area contributed by atoms with Crippen LogP contribution in [0, 0.1) is 0 Å². The van der Waals surface area contributed by atoms with Gasteiger partial charge in [-0.05, 0) is 30.5 Å². The predicted molar refractivity (Wildman–Crippen MR) is 79.5 cm³/mol. The van der Waals surface area contributed by atoms with Crippen molar-refractivity contribution in [2.45, 2.75) is 25.4 Å². The molecule has 0 spiro atoms. The van der Waals surface area contributed by atoms with Crippen molar-refractivity contribution < 1.29 is 5.11 Å². The van der Waals surface area contributed by atoms with E-state index >= 15 is 0 Å². The molecule has 0 saturated heterocycles. The molecule has 1 fully saturated rings. The normalized spacial score (nSPS) is 14.4. The van der Waals surface area contributed by atoms with Gasteiger partial charge in [0, 0.05) is 10.5 Å². The highest BCUT2D eigenvalue weighted by Gasteiger charge is 2.21. The number of halogens is 1. The van der Waals surface area contributed by atoms with Gasteiger partial charge in [0.2, 0.25) is 5.88 Å². The molecule has 0 aliphatic heterocycles. The van der Waals surface area contributed by atoms with Crippen LogP contribution in [0.3, 0.4) is 0 Å². The molecule has 1 aliphatic carbocycles. The Balaban J connectivity index is 1.91. The van der Waals surface area contributed by atoms with Crippen LogP contribution in [0.15, 0.2) is 33.5 Å². The fourth-order valence-electron chi connectivity index (χ4n) is 2.00. The van der Waals surface area contributed by atoms with E-state index in [1.165, 1.54) is 0 Å². The number of benzene rings is 1. The minimum Gasteiger partial charge on any atom is -0.493 e. The number of hydrogen-bond acceptors (Lipinski definition) is 4. The lowest BCUT2D eigenvalue weighted by Crippen LogP contribution is -2.21. The molecule has 1 aliphatic rings. The first-order valence-corrected chi connectivity index (χ1v) is 7.24. The van der Waals surface area contributed by atoms with Gasteiger partial charge in [-0.25, -0.2) is 0 Å². The molecule has 5 nitrogen and oxygen atoms in total. The van der Waals surface area contributed by atoms with Crippen molar-refractivity contribution in [3.63, 3.8) is 0 Å². The second kappa shape index (κ2) is 5.38. The van der Waals surface area contributed by atoms with E-state index in [-0.39, 0.29) is 17.0 Å². The maximum absolute atomic E-state index is 12.1. The first-order valence-electron chi connectivity index (χ1n) is 6.45. The van der Waals surface area contributed by atoms with Crippen LogP contribution in [-0.2, 0) is 6.54 Å². The lowest BCUT2D eigenvalue weighted by Gasteiger charge is -2.07. The Morgan fingerprint density at radius 2 is 2.05 bits per heavy atom. The number of hydrogen-bond donors (Lipinski definition) is 3. The van der Waals surface area contributed by atoms with E-state index < -0.39 is 0 Å². The molecule has 1 saturated carbocycles. The largest absolute Gasteiger partial charge is 0.493 e. The SMILES string of the molecule is O=c1[nH]c(CNC2CC2)nc(O)c1-c1ccc(Br)cc1. The molecule has 1 aromatic carbocycles. The molecule has 3 rings (SSSR count). The molecular weight excluding hydrogens is 322 g/mol. The lowest BCUT2D eigenvalue weighted by molar-refractivity contribution is 0.448. The molecule has 0 radical (unpaired) electrons. The number of nitrogens with zero attached hydrogens (tertiary/aromatic N) is 1. The summed E-state index contributed by atoms with van der Waals surface area (Å²) in [6.07, 6.45) is 2.32. The molecule has 2 aromatic rings. The Labute approximate surface area is 124 Å². The minimum atomic E-state index is -0.326. The van der Waals surface area contributed by atoms with Gasteiger partial charge in [-0.3, -0.25) is 4.79 Å². The Morgan fingerprint density at radius 3 is 2.65 bits per heavy atom. The first-order chi connectivity index (χ1) is 9.63. The highest BCUT2D eigenvalue weighted by molar-refractivity contribution is 9.10. The summed E-state index contributed by atoms with van der Waals surface area (Å²) in [7, 11) is 0. The van der Waals surface area contributed by atoms with Gasteiger partial charge in [-0.15, -0.1) is 0 Å². The average Bonchev–Trinajstić information content (AvgIpc) is 3.22. The zero-order valence-electron chi connectivity index (χ0n) is 10.7. The predicted octanol–water partition coefficient (Wildman–Crippen LogP) is 2.16. The smallest absolute Gasteiger partial charge is 0.262 e.